The third-order valence-electron chi connectivity index (χ3n) is 12.9. The number of hydrogen-bond acceptors (Lipinski definition) is 6. The van der Waals surface area contributed by atoms with Crippen molar-refractivity contribution in [2.75, 3.05) is 6.54 Å². The first kappa shape index (κ1) is 42.6. The van der Waals surface area contributed by atoms with E-state index in [0.29, 0.717) is 0 Å². The van der Waals surface area contributed by atoms with Gasteiger partial charge in [-0.1, -0.05) is 39.0 Å². The van der Waals surface area contributed by atoms with Crippen LogP contribution in [0.25, 0.3) is 39.0 Å². The Balaban J connectivity index is 1.24. The van der Waals surface area contributed by atoms with E-state index in [1.54, 1.807) is 9.75 Å². The Kier molecular flexibility index (Phi) is 14.7. The summed E-state index contributed by atoms with van der Waals surface area (Å²) >= 11 is 7.12. The second kappa shape index (κ2) is 19.3. The first-order valence-electron chi connectivity index (χ1n) is 22.1. The number of unbranched alkanes of at least 4 members (excludes halogenated alkanes) is 7. The van der Waals surface area contributed by atoms with Crippen LogP contribution in [0, 0.1) is 25.7 Å². The topological polar surface area (TPSA) is 20.3 Å². The van der Waals surface area contributed by atoms with Crippen molar-refractivity contribution in [3.8, 4) is 39.0 Å². The number of carbonyl (C=O) groups is 1. The van der Waals surface area contributed by atoms with Crippen LogP contribution < -0.4 is 8.79 Å². The van der Waals surface area contributed by atoms with Crippen molar-refractivity contribution >= 4 is 84.6 Å². The van der Waals surface area contributed by atoms with E-state index in [1.165, 1.54) is 139 Å². The number of aryl methyl sites for hydroxylation is 2. The average molecular weight is 905 g/mol. The summed E-state index contributed by atoms with van der Waals surface area (Å²) < 4.78 is 3.66. The standard InChI is InChI=1S/C48H65GeNOS5/c1-8-13-16-17-18-19-26-50-31-36-43(48(50)51)47(56-44(36)40-23-22-32(6)52-40)41-25-24-39(54-41)42-28-38-46(55-42)45-37(27-33(7)53-45)49(38,29-34(11-4)20-14-9-2)30-35(12-5)21-15-10-3/h22-25,27-28,34-35H,8-21,26,29-31H2,1-7H3. The number of nitrogens with zero attached hydrogens (tertiary/aromatic N) is 1. The van der Waals surface area contributed by atoms with Gasteiger partial charge >= 0.3 is 318 Å². The van der Waals surface area contributed by atoms with Crippen molar-refractivity contribution in [3.05, 3.63) is 57.3 Å². The molecule has 5 aromatic heterocycles. The second-order valence-electron chi connectivity index (χ2n) is 17.0. The fraction of sp³-hybridized carbons (Fsp3) is 0.562. The molecule has 2 aliphatic heterocycles. The summed E-state index contributed by atoms with van der Waals surface area (Å²) in [4.78, 5) is 30.5. The molecular formula is C48H65GeNOS5. The number of carbonyl (C=O) groups excluding carboxylic acids is 1. The Bertz CT molecular complexity index is 2050. The van der Waals surface area contributed by atoms with Crippen molar-refractivity contribution in [3.63, 3.8) is 0 Å². The molecule has 0 spiro atoms. The maximum atomic E-state index is 14.3. The zero-order valence-electron chi connectivity index (χ0n) is 35.2. The van der Waals surface area contributed by atoms with Crippen molar-refractivity contribution in [2.24, 2.45) is 11.8 Å². The molecule has 2 nitrogen and oxygen atoms in total. The predicted octanol–water partition coefficient (Wildman–Crippen LogP) is 15.9. The number of fused-ring (bicyclic) bond motifs is 4. The van der Waals surface area contributed by atoms with Crippen LogP contribution in [0.1, 0.15) is 150 Å². The summed E-state index contributed by atoms with van der Waals surface area (Å²) in [6.45, 7) is 18.1. The van der Waals surface area contributed by atoms with Gasteiger partial charge in [-0.2, -0.15) is 0 Å². The van der Waals surface area contributed by atoms with Gasteiger partial charge in [0.25, 0.3) is 0 Å². The maximum absolute atomic E-state index is 14.3. The minimum absolute atomic E-state index is 0.255. The molecule has 0 saturated heterocycles. The molecule has 7 rings (SSSR count). The molecule has 0 radical (unpaired) electrons. The first-order valence-corrected chi connectivity index (χ1v) is 31.3. The molecule has 0 aromatic carbocycles. The van der Waals surface area contributed by atoms with E-state index < -0.39 is 13.3 Å². The summed E-state index contributed by atoms with van der Waals surface area (Å²) in [7, 11) is 0. The van der Waals surface area contributed by atoms with Crippen LogP contribution in [0.4, 0.5) is 0 Å². The van der Waals surface area contributed by atoms with Crippen LogP contribution in [-0.2, 0) is 6.54 Å². The van der Waals surface area contributed by atoms with Crippen LogP contribution in [-0.4, -0.2) is 30.6 Å². The fourth-order valence-corrected chi connectivity index (χ4v) is 32.1. The predicted molar refractivity (Wildman–Crippen MR) is 256 cm³/mol. The SMILES string of the molecule is CCCCCCCCN1Cc2c(-c3ccc(C)s3)sc(-c3ccc(-c4c[c]5c(s4)-c4sc(C)c[c]4[Ge]5([CH2]C(CC)CCCC)[CH2]C(CC)CCCC)s3)c2C1=O. The van der Waals surface area contributed by atoms with E-state index in [-0.39, 0.29) is 5.91 Å². The Morgan fingerprint density at radius 3 is 1.86 bits per heavy atom. The van der Waals surface area contributed by atoms with Gasteiger partial charge in [0.15, 0.2) is 0 Å². The van der Waals surface area contributed by atoms with Gasteiger partial charge in [0, 0.05) is 0 Å². The second-order valence-corrected chi connectivity index (χ2v) is 31.2. The Hall–Kier alpha value is -1.49. The summed E-state index contributed by atoms with van der Waals surface area (Å²) in [5.74, 6) is 1.91. The number of hydrogen-bond donors (Lipinski definition) is 0. The summed E-state index contributed by atoms with van der Waals surface area (Å²) in [5, 5.41) is 2.93. The van der Waals surface area contributed by atoms with Gasteiger partial charge in [0.05, 0.1) is 0 Å². The van der Waals surface area contributed by atoms with Crippen LogP contribution in [0.3, 0.4) is 0 Å². The first-order chi connectivity index (χ1) is 27.2. The van der Waals surface area contributed by atoms with E-state index in [4.69, 9.17) is 0 Å². The summed E-state index contributed by atoms with van der Waals surface area (Å²) in [5.41, 5.74) is 2.26. The van der Waals surface area contributed by atoms with E-state index in [2.05, 4.69) is 112 Å². The van der Waals surface area contributed by atoms with E-state index >= 15 is 0 Å². The summed E-state index contributed by atoms with van der Waals surface area (Å²) in [6.07, 6.45) is 18.2. The van der Waals surface area contributed by atoms with Crippen molar-refractivity contribution in [1.29, 1.82) is 0 Å². The normalized spacial score (nSPS) is 17.2. The monoisotopic (exact) mass is 905 g/mol. The zero-order valence-corrected chi connectivity index (χ0v) is 41.4. The molecular weight excluding hydrogens is 839 g/mol. The Labute approximate surface area is 361 Å². The molecule has 5 aromatic rings. The van der Waals surface area contributed by atoms with Gasteiger partial charge < -0.3 is 0 Å². The van der Waals surface area contributed by atoms with E-state index in [0.717, 1.165) is 36.9 Å². The molecule has 8 heteroatoms. The van der Waals surface area contributed by atoms with E-state index in [1.807, 2.05) is 42.8 Å². The fourth-order valence-electron chi connectivity index (χ4n) is 9.66. The van der Waals surface area contributed by atoms with Crippen LogP contribution in [0.5, 0.6) is 0 Å². The molecule has 2 atom stereocenters. The van der Waals surface area contributed by atoms with Crippen molar-refractivity contribution in [2.45, 2.75) is 155 Å². The number of thiophene rings is 5. The molecule has 0 fully saturated rings. The molecule has 56 heavy (non-hydrogen) atoms. The van der Waals surface area contributed by atoms with Crippen LogP contribution in [0.15, 0.2) is 36.4 Å². The molecule has 7 heterocycles. The molecule has 1 amide bonds. The van der Waals surface area contributed by atoms with Gasteiger partial charge in [-0.05, 0) is 6.92 Å². The Morgan fingerprint density at radius 2 is 1.20 bits per heavy atom. The molecule has 0 N–H and O–H groups in total. The molecule has 0 bridgehead atoms. The Morgan fingerprint density at radius 1 is 0.589 bits per heavy atom. The van der Waals surface area contributed by atoms with Crippen LogP contribution >= 0.6 is 56.7 Å². The molecule has 302 valence electrons. The third kappa shape index (κ3) is 8.71. The quantitative estimate of drug-likeness (QED) is 0.0501. The molecule has 2 aliphatic rings. The van der Waals surface area contributed by atoms with Gasteiger partial charge in [-0.3, -0.25) is 0 Å². The van der Waals surface area contributed by atoms with Crippen molar-refractivity contribution in [1.82, 2.24) is 4.90 Å². The van der Waals surface area contributed by atoms with Crippen LogP contribution in [0.2, 0.25) is 10.5 Å². The van der Waals surface area contributed by atoms with Gasteiger partial charge in [0.2, 0.25) is 0 Å². The average Bonchev–Trinajstić information content (AvgIpc) is 4.06. The zero-order chi connectivity index (χ0) is 39.4. The third-order valence-corrected chi connectivity index (χ3v) is 31.2. The van der Waals surface area contributed by atoms with Gasteiger partial charge in [0.1, 0.15) is 0 Å². The number of rotatable bonds is 22. The van der Waals surface area contributed by atoms with E-state index in [9.17, 15) is 4.79 Å². The number of amides is 1. The van der Waals surface area contributed by atoms with Crippen molar-refractivity contribution < 1.29 is 4.79 Å². The minimum atomic E-state index is -2.73. The van der Waals surface area contributed by atoms with Gasteiger partial charge in [-0.25, -0.2) is 0 Å². The molecule has 0 aliphatic carbocycles. The van der Waals surface area contributed by atoms with Gasteiger partial charge in [-0.15, -0.1) is 0 Å². The molecule has 2 unspecified atom stereocenters. The summed E-state index contributed by atoms with van der Waals surface area (Å²) in [6, 6.07) is 14.6. The molecule has 0 saturated carbocycles.